The number of carbonyl (C=O) groups excluding carboxylic acids is 1. The van der Waals surface area contributed by atoms with Gasteiger partial charge in [0.2, 0.25) is 0 Å². The molecule has 7 nitrogen and oxygen atoms in total. The summed E-state index contributed by atoms with van der Waals surface area (Å²) in [5.74, 6) is 0.526. The first kappa shape index (κ1) is 17.0. The third kappa shape index (κ3) is 3.19. The van der Waals surface area contributed by atoms with Crippen LogP contribution in [-0.2, 0) is 6.54 Å². The molecular formula is C20H19N5O2. The molecule has 1 N–H and O–H groups in total. The number of carbonyl (C=O) groups is 1. The molecule has 3 aromatic heterocycles. The van der Waals surface area contributed by atoms with Crippen LogP contribution < -0.4 is 5.32 Å². The molecule has 27 heavy (non-hydrogen) atoms. The molecule has 0 aliphatic rings. The van der Waals surface area contributed by atoms with Gasteiger partial charge in [-0.3, -0.25) is 4.79 Å². The lowest BCUT2D eigenvalue weighted by Gasteiger charge is -2.09. The second-order valence-corrected chi connectivity index (χ2v) is 6.52. The summed E-state index contributed by atoms with van der Waals surface area (Å²) in [7, 11) is 0. The molecule has 4 aromatic rings. The first-order valence-electron chi connectivity index (χ1n) is 8.61. The Labute approximate surface area is 156 Å². The van der Waals surface area contributed by atoms with Crippen molar-refractivity contribution in [3.63, 3.8) is 0 Å². The van der Waals surface area contributed by atoms with Gasteiger partial charge in [0, 0.05) is 23.5 Å². The lowest BCUT2D eigenvalue weighted by molar-refractivity contribution is 0.0952. The van der Waals surface area contributed by atoms with E-state index in [1.807, 2.05) is 45.0 Å². The molecule has 0 radical (unpaired) electrons. The number of oxazole rings is 1. The Kier molecular flexibility index (Phi) is 4.19. The smallest absolute Gasteiger partial charge is 0.257 e. The molecule has 3 heterocycles. The van der Waals surface area contributed by atoms with Crippen LogP contribution in [-0.4, -0.2) is 25.5 Å². The summed E-state index contributed by atoms with van der Waals surface area (Å²) in [5.41, 5.74) is 5.89. The van der Waals surface area contributed by atoms with E-state index < -0.39 is 0 Å². The van der Waals surface area contributed by atoms with E-state index in [1.54, 1.807) is 16.9 Å². The lowest BCUT2D eigenvalue weighted by atomic mass is 10.0. The minimum absolute atomic E-state index is 0.193. The number of fused-ring (bicyclic) bond motifs is 1. The van der Waals surface area contributed by atoms with Gasteiger partial charge in [0.05, 0.1) is 12.4 Å². The molecule has 136 valence electrons. The third-order valence-corrected chi connectivity index (χ3v) is 4.52. The van der Waals surface area contributed by atoms with Crippen LogP contribution in [0.4, 0.5) is 0 Å². The monoisotopic (exact) mass is 361 g/mol. The highest BCUT2D eigenvalue weighted by atomic mass is 16.3. The Morgan fingerprint density at radius 1 is 1.19 bits per heavy atom. The zero-order valence-electron chi connectivity index (χ0n) is 15.4. The summed E-state index contributed by atoms with van der Waals surface area (Å²) in [6, 6.07) is 7.89. The largest absolute Gasteiger partial charge is 0.444 e. The van der Waals surface area contributed by atoms with Crippen molar-refractivity contribution in [2.24, 2.45) is 0 Å². The molecule has 0 unspecified atom stereocenters. The first-order chi connectivity index (χ1) is 13.0. The Hall–Kier alpha value is -3.48. The average molecular weight is 361 g/mol. The average Bonchev–Trinajstić information content (AvgIpc) is 3.30. The molecule has 0 bridgehead atoms. The van der Waals surface area contributed by atoms with E-state index in [2.05, 4.69) is 20.4 Å². The Bertz CT molecular complexity index is 1130. The number of aromatic nitrogens is 4. The molecule has 0 saturated heterocycles. The standard InChI is InChI=1S/C20H19N5O2/c1-12-6-15(18-10-21-11-27-18)4-5-16(12)8-22-20(26)17-9-23-25-14(3)7-13(2)24-19(17)25/h4-7,9-11H,8H2,1-3H3,(H,22,26). The number of hydrogen-bond acceptors (Lipinski definition) is 5. The number of rotatable bonds is 4. The van der Waals surface area contributed by atoms with Gasteiger partial charge in [-0.15, -0.1) is 0 Å². The molecular weight excluding hydrogens is 342 g/mol. The minimum atomic E-state index is -0.193. The van der Waals surface area contributed by atoms with E-state index in [0.29, 0.717) is 17.8 Å². The number of aryl methyl sites for hydroxylation is 3. The topological polar surface area (TPSA) is 85.3 Å². The number of nitrogens with one attached hydrogen (secondary N) is 1. The SMILES string of the molecule is Cc1cc(C)n2ncc(C(=O)NCc3ccc(-c4cnco4)cc3C)c2n1. The highest BCUT2D eigenvalue weighted by Gasteiger charge is 2.15. The van der Waals surface area contributed by atoms with Crippen molar-refractivity contribution in [3.05, 3.63) is 71.1 Å². The van der Waals surface area contributed by atoms with Crippen LogP contribution in [0.15, 0.2) is 47.5 Å². The molecule has 0 fully saturated rings. The number of nitrogens with zero attached hydrogens (tertiary/aromatic N) is 4. The highest BCUT2D eigenvalue weighted by Crippen LogP contribution is 2.22. The zero-order chi connectivity index (χ0) is 19.0. The molecule has 0 aliphatic carbocycles. The van der Waals surface area contributed by atoms with Crippen LogP contribution in [0, 0.1) is 20.8 Å². The Morgan fingerprint density at radius 2 is 2.04 bits per heavy atom. The van der Waals surface area contributed by atoms with Crippen molar-refractivity contribution < 1.29 is 9.21 Å². The summed E-state index contributed by atoms with van der Waals surface area (Å²) in [5, 5.41) is 7.23. The quantitative estimate of drug-likeness (QED) is 0.603. The van der Waals surface area contributed by atoms with Crippen molar-refractivity contribution in [1.82, 2.24) is 24.9 Å². The normalized spacial score (nSPS) is 11.1. The zero-order valence-corrected chi connectivity index (χ0v) is 15.4. The van der Waals surface area contributed by atoms with Crippen LogP contribution in [0.5, 0.6) is 0 Å². The number of amides is 1. The number of benzene rings is 1. The molecule has 4 rings (SSSR count). The van der Waals surface area contributed by atoms with Gasteiger partial charge < -0.3 is 9.73 Å². The van der Waals surface area contributed by atoms with Crippen molar-refractivity contribution in [2.75, 3.05) is 0 Å². The van der Waals surface area contributed by atoms with Gasteiger partial charge in [-0.2, -0.15) is 5.10 Å². The molecule has 0 spiro atoms. The predicted octanol–water partition coefficient (Wildman–Crippen LogP) is 3.24. The summed E-state index contributed by atoms with van der Waals surface area (Å²) in [6.07, 6.45) is 4.65. The van der Waals surface area contributed by atoms with Crippen molar-refractivity contribution in [2.45, 2.75) is 27.3 Å². The van der Waals surface area contributed by atoms with Gasteiger partial charge in [0.15, 0.2) is 17.8 Å². The summed E-state index contributed by atoms with van der Waals surface area (Å²) >= 11 is 0. The minimum Gasteiger partial charge on any atom is -0.444 e. The van der Waals surface area contributed by atoms with Crippen molar-refractivity contribution >= 4 is 11.6 Å². The fourth-order valence-electron chi connectivity index (χ4n) is 3.11. The van der Waals surface area contributed by atoms with E-state index >= 15 is 0 Å². The molecule has 1 aromatic carbocycles. The van der Waals surface area contributed by atoms with Gasteiger partial charge >= 0.3 is 0 Å². The van der Waals surface area contributed by atoms with E-state index in [9.17, 15) is 4.79 Å². The van der Waals surface area contributed by atoms with Crippen molar-refractivity contribution in [3.8, 4) is 11.3 Å². The molecule has 7 heteroatoms. The van der Waals surface area contributed by atoms with Crippen LogP contribution in [0.2, 0.25) is 0 Å². The van der Waals surface area contributed by atoms with Crippen LogP contribution in [0.3, 0.4) is 0 Å². The van der Waals surface area contributed by atoms with Crippen LogP contribution in [0.1, 0.15) is 32.9 Å². The predicted molar refractivity (Wildman–Crippen MR) is 100 cm³/mol. The maximum atomic E-state index is 12.7. The molecule has 0 atom stereocenters. The maximum Gasteiger partial charge on any atom is 0.257 e. The van der Waals surface area contributed by atoms with Gasteiger partial charge in [0.25, 0.3) is 5.91 Å². The van der Waals surface area contributed by atoms with E-state index in [0.717, 1.165) is 33.8 Å². The van der Waals surface area contributed by atoms with Gasteiger partial charge in [-0.25, -0.2) is 14.5 Å². The Morgan fingerprint density at radius 3 is 2.78 bits per heavy atom. The van der Waals surface area contributed by atoms with E-state index in [4.69, 9.17) is 4.42 Å². The maximum absolute atomic E-state index is 12.7. The van der Waals surface area contributed by atoms with Crippen LogP contribution >= 0.6 is 0 Å². The van der Waals surface area contributed by atoms with Crippen LogP contribution in [0.25, 0.3) is 17.0 Å². The Balaban J connectivity index is 1.53. The van der Waals surface area contributed by atoms with Crippen molar-refractivity contribution in [1.29, 1.82) is 0 Å². The first-order valence-corrected chi connectivity index (χ1v) is 8.61. The third-order valence-electron chi connectivity index (χ3n) is 4.52. The summed E-state index contributed by atoms with van der Waals surface area (Å²) < 4.78 is 7.00. The summed E-state index contributed by atoms with van der Waals surface area (Å²) in [4.78, 5) is 21.0. The second kappa shape index (κ2) is 6.68. The van der Waals surface area contributed by atoms with Gasteiger partial charge in [0.1, 0.15) is 5.56 Å². The van der Waals surface area contributed by atoms with Gasteiger partial charge in [-0.05, 0) is 44.0 Å². The molecule has 0 saturated carbocycles. The fourth-order valence-corrected chi connectivity index (χ4v) is 3.11. The number of hydrogen-bond donors (Lipinski definition) is 1. The lowest BCUT2D eigenvalue weighted by Crippen LogP contribution is -2.23. The van der Waals surface area contributed by atoms with Gasteiger partial charge in [-0.1, -0.05) is 12.1 Å². The summed E-state index contributed by atoms with van der Waals surface area (Å²) in [6.45, 7) is 6.27. The van der Waals surface area contributed by atoms with E-state index in [1.165, 1.54) is 6.39 Å². The highest BCUT2D eigenvalue weighted by molar-refractivity contribution is 5.99. The second-order valence-electron chi connectivity index (χ2n) is 6.52. The van der Waals surface area contributed by atoms with E-state index in [-0.39, 0.29) is 5.91 Å². The molecule has 0 aliphatic heterocycles. The fraction of sp³-hybridized carbons (Fsp3) is 0.200. The molecule has 1 amide bonds.